The Balaban J connectivity index is 1.53. The van der Waals surface area contributed by atoms with E-state index in [1.807, 2.05) is 32.0 Å². The molecule has 8 nitrogen and oxygen atoms in total. The lowest BCUT2D eigenvalue weighted by atomic mass is 10.0. The van der Waals surface area contributed by atoms with Gasteiger partial charge in [-0.2, -0.15) is 0 Å². The lowest BCUT2D eigenvalue weighted by molar-refractivity contribution is -0.00576. The van der Waals surface area contributed by atoms with Gasteiger partial charge in [0.2, 0.25) is 5.95 Å². The van der Waals surface area contributed by atoms with Crippen LogP contribution < -0.4 is 15.2 Å². The molecule has 2 aromatic rings. The summed E-state index contributed by atoms with van der Waals surface area (Å²) in [5.74, 6) is 1.33. The van der Waals surface area contributed by atoms with Crippen LogP contribution in [0.1, 0.15) is 36.2 Å². The average Bonchev–Trinajstić information content (AvgIpc) is 2.72. The van der Waals surface area contributed by atoms with E-state index in [-0.39, 0.29) is 24.4 Å². The van der Waals surface area contributed by atoms with E-state index in [9.17, 15) is 9.90 Å². The second kappa shape index (κ2) is 8.75. The summed E-state index contributed by atoms with van der Waals surface area (Å²) in [6, 6.07) is 5.88. The number of hydrogen-bond donors (Lipinski definition) is 2. The zero-order valence-corrected chi connectivity index (χ0v) is 17.9. The molecule has 2 aliphatic heterocycles. The molecule has 0 saturated carbocycles. The van der Waals surface area contributed by atoms with E-state index >= 15 is 0 Å². The molecule has 4 rings (SSSR count). The van der Waals surface area contributed by atoms with Crippen LogP contribution in [0.3, 0.4) is 0 Å². The summed E-state index contributed by atoms with van der Waals surface area (Å²) in [5.41, 5.74) is 3.48. The summed E-state index contributed by atoms with van der Waals surface area (Å²) < 4.78 is 11.1. The van der Waals surface area contributed by atoms with Crippen LogP contribution in [0.4, 0.5) is 5.95 Å². The maximum atomic E-state index is 12.7. The van der Waals surface area contributed by atoms with E-state index in [1.54, 1.807) is 7.11 Å². The van der Waals surface area contributed by atoms with Crippen molar-refractivity contribution in [3.63, 3.8) is 0 Å². The fourth-order valence-corrected chi connectivity index (χ4v) is 4.43. The van der Waals surface area contributed by atoms with Crippen LogP contribution in [0.5, 0.6) is 5.75 Å². The van der Waals surface area contributed by atoms with Crippen LogP contribution in [-0.2, 0) is 30.9 Å². The topological polar surface area (TPSA) is 90.9 Å². The first-order valence-corrected chi connectivity index (χ1v) is 10.5. The van der Waals surface area contributed by atoms with Crippen LogP contribution in [0.25, 0.3) is 0 Å². The number of aliphatic hydroxyl groups excluding tert-OH is 1. The molecule has 3 heterocycles. The number of ether oxygens (including phenoxy) is 2. The molecule has 1 fully saturated rings. The highest BCUT2D eigenvalue weighted by molar-refractivity contribution is 5.38. The summed E-state index contributed by atoms with van der Waals surface area (Å²) in [6.07, 6.45) is 0.876. The van der Waals surface area contributed by atoms with E-state index in [4.69, 9.17) is 14.5 Å². The molecule has 0 bridgehead atoms. The Morgan fingerprint density at radius 3 is 2.77 bits per heavy atom. The van der Waals surface area contributed by atoms with Crippen LogP contribution in [0.2, 0.25) is 0 Å². The van der Waals surface area contributed by atoms with Crippen molar-refractivity contribution in [3.05, 3.63) is 50.9 Å². The molecule has 0 unspecified atom stereocenters. The largest absolute Gasteiger partial charge is 0.496 e. The number of fused-ring (bicyclic) bond motifs is 1. The number of anilines is 1. The molecule has 30 heavy (non-hydrogen) atoms. The van der Waals surface area contributed by atoms with Gasteiger partial charge in [0.1, 0.15) is 5.75 Å². The quantitative estimate of drug-likeness (QED) is 0.765. The zero-order chi connectivity index (χ0) is 21.3. The number of aromatic amines is 1. The van der Waals surface area contributed by atoms with Gasteiger partial charge in [-0.05, 0) is 38.0 Å². The summed E-state index contributed by atoms with van der Waals surface area (Å²) in [7, 11) is 1.60. The van der Waals surface area contributed by atoms with Crippen molar-refractivity contribution in [1.29, 1.82) is 0 Å². The smallest absolute Gasteiger partial charge is 0.255 e. The molecule has 2 atom stereocenters. The standard InChI is InChI=1S/C22H30N4O4/c1-14-9-26(10-15(2)30-14)22-23-19-12-25(7-6-18(19)21(28)24-22)11-16-4-5-20(29-3)17(8-16)13-27/h4-5,8,14-15,27H,6-7,9-13H2,1-3H3,(H,23,24,28)/t14-,15-/m1/s1. The minimum atomic E-state index is -0.0590. The fraction of sp³-hybridized carbons (Fsp3) is 0.545. The van der Waals surface area contributed by atoms with E-state index in [0.29, 0.717) is 37.8 Å². The first kappa shape index (κ1) is 20.8. The van der Waals surface area contributed by atoms with Gasteiger partial charge >= 0.3 is 0 Å². The third-order valence-corrected chi connectivity index (χ3v) is 5.78. The number of methoxy groups -OCH3 is 1. The van der Waals surface area contributed by atoms with Gasteiger partial charge in [0.15, 0.2) is 0 Å². The van der Waals surface area contributed by atoms with Crippen LogP contribution in [0.15, 0.2) is 23.0 Å². The van der Waals surface area contributed by atoms with Crippen LogP contribution in [0, 0.1) is 0 Å². The van der Waals surface area contributed by atoms with E-state index in [2.05, 4.69) is 14.8 Å². The van der Waals surface area contributed by atoms with Crippen molar-refractivity contribution in [3.8, 4) is 5.75 Å². The normalized spacial score (nSPS) is 22.1. The highest BCUT2D eigenvalue weighted by atomic mass is 16.5. The lowest BCUT2D eigenvalue weighted by Gasteiger charge is -2.36. The Bertz CT molecular complexity index is 951. The Morgan fingerprint density at radius 2 is 2.07 bits per heavy atom. The molecule has 0 amide bonds. The van der Waals surface area contributed by atoms with Crippen LogP contribution in [-0.4, -0.2) is 58.9 Å². The molecule has 1 saturated heterocycles. The maximum absolute atomic E-state index is 12.7. The Labute approximate surface area is 176 Å². The molecule has 0 aliphatic carbocycles. The number of benzene rings is 1. The number of rotatable bonds is 5. The number of nitrogens with one attached hydrogen (secondary N) is 1. The van der Waals surface area contributed by atoms with Gasteiger partial charge in [-0.3, -0.25) is 14.7 Å². The van der Waals surface area contributed by atoms with Gasteiger partial charge < -0.3 is 19.5 Å². The van der Waals surface area contributed by atoms with E-state index in [1.165, 1.54) is 0 Å². The first-order valence-electron chi connectivity index (χ1n) is 10.5. The van der Waals surface area contributed by atoms with Crippen molar-refractivity contribution < 1.29 is 14.6 Å². The summed E-state index contributed by atoms with van der Waals surface area (Å²) in [5, 5.41) is 9.58. The molecular formula is C22H30N4O4. The van der Waals surface area contributed by atoms with Crippen molar-refractivity contribution in [2.75, 3.05) is 31.6 Å². The molecule has 0 spiro atoms. The van der Waals surface area contributed by atoms with Gasteiger partial charge in [0.25, 0.3) is 5.56 Å². The lowest BCUT2D eigenvalue weighted by Crippen LogP contribution is -2.47. The van der Waals surface area contributed by atoms with Crippen molar-refractivity contribution in [2.45, 2.75) is 52.2 Å². The maximum Gasteiger partial charge on any atom is 0.255 e. The molecule has 1 aromatic heterocycles. The molecule has 2 aliphatic rings. The number of aliphatic hydroxyl groups is 1. The monoisotopic (exact) mass is 414 g/mol. The Hall–Kier alpha value is -2.42. The van der Waals surface area contributed by atoms with Crippen molar-refractivity contribution in [1.82, 2.24) is 14.9 Å². The number of H-pyrrole nitrogens is 1. The predicted octanol–water partition coefficient (Wildman–Crippen LogP) is 1.44. The molecule has 8 heteroatoms. The second-order valence-corrected chi connectivity index (χ2v) is 8.24. The van der Waals surface area contributed by atoms with Gasteiger partial charge in [-0.25, -0.2) is 4.98 Å². The van der Waals surface area contributed by atoms with Gasteiger partial charge in [-0.1, -0.05) is 6.07 Å². The van der Waals surface area contributed by atoms with E-state index in [0.717, 1.165) is 35.5 Å². The SMILES string of the molecule is COc1ccc(CN2CCc3c(nc(N4C[C@@H](C)O[C@H](C)C4)[nH]c3=O)C2)cc1CO. The minimum absolute atomic E-state index is 0.0338. The van der Waals surface area contributed by atoms with Crippen LogP contribution >= 0.6 is 0 Å². The molecule has 0 radical (unpaired) electrons. The fourth-order valence-electron chi connectivity index (χ4n) is 4.43. The molecule has 1 aromatic carbocycles. The average molecular weight is 415 g/mol. The second-order valence-electron chi connectivity index (χ2n) is 8.24. The summed E-state index contributed by atoms with van der Waals surface area (Å²) >= 11 is 0. The minimum Gasteiger partial charge on any atom is -0.496 e. The van der Waals surface area contributed by atoms with Gasteiger partial charge in [-0.15, -0.1) is 0 Å². The van der Waals surface area contributed by atoms with Crippen molar-refractivity contribution in [2.24, 2.45) is 0 Å². The Morgan fingerprint density at radius 1 is 1.30 bits per heavy atom. The highest BCUT2D eigenvalue weighted by Gasteiger charge is 2.27. The number of hydrogen-bond acceptors (Lipinski definition) is 7. The zero-order valence-electron chi connectivity index (χ0n) is 17.9. The Kier molecular flexibility index (Phi) is 6.08. The van der Waals surface area contributed by atoms with Gasteiger partial charge in [0, 0.05) is 43.9 Å². The summed E-state index contributed by atoms with van der Waals surface area (Å²) in [6.45, 7) is 7.59. The number of aromatic nitrogens is 2. The van der Waals surface area contributed by atoms with E-state index < -0.39 is 0 Å². The van der Waals surface area contributed by atoms with Gasteiger partial charge in [0.05, 0.1) is 31.6 Å². The molecule has 2 N–H and O–H groups in total. The third kappa shape index (κ3) is 4.35. The number of morpholine rings is 1. The molecular weight excluding hydrogens is 384 g/mol. The predicted molar refractivity (Wildman–Crippen MR) is 114 cm³/mol. The first-order chi connectivity index (χ1) is 14.5. The van der Waals surface area contributed by atoms with Crippen molar-refractivity contribution >= 4 is 5.95 Å². The highest BCUT2D eigenvalue weighted by Crippen LogP contribution is 2.24. The molecule has 162 valence electrons. The third-order valence-electron chi connectivity index (χ3n) is 5.78. The number of nitrogens with zero attached hydrogens (tertiary/aromatic N) is 3. The summed E-state index contributed by atoms with van der Waals surface area (Å²) in [4.78, 5) is 24.9.